The molecule has 0 spiro atoms. The monoisotopic (exact) mass is 448 g/mol. The number of carbonyl (C=O) groups excluding carboxylic acids is 1. The summed E-state index contributed by atoms with van der Waals surface area (Å²) in [5.74, 6) is 0.933. The van der Waals surface area contributed by atoms with E-state index in [9.17, 15) is 14.0 Å². The molecular weight excluding hydrogens is 427 g/mol. The van der Waals surface area contributed by atoms with Gasteiger partial charge in [-0.1, -0.05) is 6.07 Å². The van der Waals surface area contributed by atoms with Crippen LogP contribution in [-0.4, -0.2) is 49.3 Å². The highest BCUT2D eigenvalue weighted by Gasteiger charge is 2.33. The number of anilines is 3. The van der Waals surface area contributed by atoms with Crippen molar-refractivity contribution in [3.63, 3.8) is 0 Å². The molecule has 4 aromatic heterocycles. The molecule has 5 rings (SSSR count). The molecule has 2 atom stereocenters. The number of pyridine rings is 2. The van der Waals surface area contributed by atoms with Crippen LogP contribution in [0.3, 0.4) is 0 Å². The van der Waals surface area contributed by atoms with Gasteiger partial charge in [0, 0.05) is 25.5 Å². The van der Waals surface area contributed by atoms with E-state index in [1.807, 2.05) is 0 Å². The van der Waals surface area contributed by atoms with Crippen LogP contribution in [0.15, 0.2) is 59.8 Å². The van der Waals surface area contributed by atoms with Crippen molar-refractivity contribution >= 4 is 28.9 Å². The number of nitrogens with zero attached hydrogens (tertiary/aromatic N) is 5. The maximum absolute atomic E-state index is 13.6. The van der Waals surface area contributed by atoms with Gasteiger partial charge in [0.2, 0.25) is 0 Å². The molecule has 0 aliphatic heterocycles. The maximum Gasteiger partial charge on any atom is 0.279 e. The van der Waals surface area contributed by atoms with E-state index in [4.69, 9.17) is 0 Å². The summed E-state index contributed by atoms with van der Waals surface area (Å²) in [6.07, 6.45) is 4.65. The van der Waals surface area contributed by atoms with Gasteiger partial charge in [-0.3, -0.25) is 14.2 Å². The van der Waals surface area contributed by atoms with E-state index in [-0.39, 0.29) is 22.5 Å². The van der Waals surface area contributed by atoms with Crippen LogP contribution in [0.4, 0.5) is 21.7 Å². The second kappa shape index (κ2) is 8.34. The highest BCUT2D eigenvalue weighted by atomic mass is 19.1. The lowest BCUT2D eigenvalue weighted by Crippen LogP contribution is -2.48. The zero-order valence-corrected chi connectivity index (χ0v) is 17.7. The average Bonchev–Trinajstić information content (AvgIpc) is 3.27. The molecule has 10 nitrogen and oxygen atoms in total. The Labute approximate surface area is 187 Å². The predicted molar refractivity (Wildman–Crippen MR) is 121 cm³/mol. The van der Waals surface area contributed by atoms with Crippen LogP contribution in [0, 0.1) is 0 Å². The molecule has 3 N–H and O–H groups in total. The van der Waals surface area contributed by atoms with Gasteiger partial charge in [-0.25, -0.2) is 14.4 Å². The minimum atomic E-state index is -1.03. The van der Waals surface area contributed by atoms with Crippen LogP contribution in [-0.2, 0) is 0 Å². The molecule has 1 aliphatic rings. The molecule has 0 radical (unpaired) electrons. The Hall–Kier alpha value is -4.28. The van der Waals surface area contributed by atoms with E-state index in [1.165, 1.54) is 15.3 Å². The third-order valence-corrected chi connectivity index (χ3v) is 5.59. The molecule has 168 valence electrons. The zero-order valence-electron chi connectivity index (χ0n) is 17.7. The van der Waals surface area contributed by atoms with E-state index in [1.54, 1.807) is 55.8 Å². The van der Waals surface area contributed by atoms with Crippen molar-refractivity contribution in [1.82, 2.24) is 29.5 Å². The van der Waals surface area contributed by atoms with Crippen LogP contribution in [0.2, 0.25) is 0 Å². The smallest absolute Gasteiger partial charge is 0.279 e. The number of nitrogens with one attached hydrogen (secondary N) is 3. The lowest BCUT2D eigenvalue weighted by Gasteiger charge is -2.30. The van der Waals surface area contributed by atoms with E-state index in [2.05, 4.69) is 31.0 Å². The van der Waals surface area contributed by atoms with Gasteiger partial charge in [-0.05, 0) is 37.1 Å². The molecule has 1 amide bonds. The average molecular weight is 448 g/mol. The minimum Gasteiger partial charge on any atom is -0.373 e. The van der Waals surface area contributed by atoms with Crippen molar-refractivity contribution in [3.8, 4) is 5.82 Å². The molecule has 33 heavy (non-hydrogen) atoms. The third-order valence-electron chi connectivity index (χ3n) is 5.59. The van der Waals surface area contributed by atoms with Gasteiger partial charge in [0.05, 0.1) is 12.2 Å². The normalized spacial score (nSPS) is 17.4. The fourth-order valence-corrected chi connectivity index (χ4v) is 3.64. The van der Waals surface area contributed by atoms with Crippen LogP contribution >= 0.6 is 0 Å². The molecule has 1 fully saturated rings. The molecule has 0 aromatic carbocycles. The molecule has 11 heteroatoms. The molecule has 1 saturated carbocycles. The molecule has 4 heterocycles. The summed E-state index contributed by atoms with van der Waals surface area (Å²) >= 11 is 0. The summed E-state index contributed by atoms with van der Waals surface area (Å²) in [5.41, 5.74) is 0.461. The molecule has 4 aromatic rings. The highest BCUT2D eigenvalue weighted by molar-refractivity contribution is 6.00. The van der Waals surface area contributed by atoms with Crippen molar-refractivity contribution in [1.29, 1.82) is 0 Å². The number of amides is 1. The topological polar surface area (TPSA) is 118 Å². The number of aromatic nitrogens is 5. The Morgan fingerprint density at radius 2 is 2.09 bits per heavy atom. The fourth-order valence-electron chi connectivity index (χ4n) is 3.64. The summed E-state index contributed by atoms with van der Waals surface area (Å²) < 4.78 is 16.5. The van der Waals surface area contributed by atoms with Crippen molar-refractivity contribution in [2.24, 2.45) is 0 Å². The summed E-state index contributed by atoms with van der Waals surface area (Å²) in [6, 6.07) is 9.83. The van der Waals surface area contributed by atoms with Crippen molar-refractivity contribution in [3.05, 3.63) is 70.9 Å². The summed E-state index contributed by atoms with van der Waals surface area (Å²) in [4.78, 5) is 34.5. The van der Waals surface area contributed by atoms with Crippen molar-refractivity contribution < 1.29 is 9.18 Å². The molecule has 0 saturated heterocycles. The zero-order chi connectivity index (χ0) is 22.9. The quantitative estimate of drug-likeness (QED) is 0.414. The summed E-state index contributed by atoms with van der Waals surface area (Å²) in [7, 11) is 1.71. The standard InChI is InChI=1S/C22H21FN8O2/c1-24-19-11-17(27-16-5-4-10-30(22(16)33)18-6-2-3-9-25-18)29-20-13(12-26-31(19)20)21(32)28-15-8-7-14(15)23/h2-6,9-12,14-15,24H,7-8H2,1H3,(H,27,29)(H,28,32)/t14-,15-/m0/s1. The SMILES string of the molecule is CNc1cc(Nc2cccn(-c3ccccn3)c2=O)nc2c(C(=O)N[C@H]3CC[C@@H]3F)cnn12. The van der Waals surface area contributed by atoms with Crippen LogP contribution in [0.25, 0.3) is 11.5 Å². The minimum absolute atomic E-state index is 0.216. The van der Waals surface area contributed by atoms with E-state index in [0.29, 0.717) is 30.3 Å². The Morgan fingerprint density at radius 1 is 1.21 bits per heavy atom. The molecule has 1 aliphatic carbocycles. The number of hydrogen-bond donors (Lipinski definition) is 3. The van der Waals surface area contributed by atoms with Gasteiger partial charge in [-0.2, -0.15) is 9.61 Å². The predicted octanol–water partition coefficient (Wildman–Crippen LogP) is 2.29. The molecule has 0 bridgehead atoms. The van der Waals surface area contributed by atoms with Crippen LogP contribution in [0.5, 0.6) is 0 Å². The lowest BCUT2D eigenvalue weighted by molar-refractivity contribution is 0.0826. The Kier molecular flexibility index (Phi) is 5.21. The van der Waals surface area contributed by atoms with E-state index in [0.717, 1.165) is 0 Å². The van der Waals surface area contributed by atoms with Gasteiger partial charge in [-0.15, -0.1) is 0 Å². The van der Waals surface area contributed by atoms with Gasteiger partial charge in [0.25, 0.3) is 11.5 Å². The second-order valence-electron chi connectivity index (χ2n) is 7.65. The van der Waals surface area contributed by atoms with Gasteiger partial charge >= 0.3 is 0 Å². The summed E-state index contributed by atoms with van der Waals surface area (Å²) in [6.45, 7) is 0. The first-order valence-corrected chi connectivity index (χ1v) is 10.5. The van der Waals surface area contributed by atoms with Gasteiger partial charge in [0.15, 0.2) is 5.65 Å². The Morgan fingerprint density at radius 3 is 2.79 bits per heavy atom. The maximum atomic E-state index is 13.6. The van der Waals surface area contributed by atoms with Crippen LogP contribution in [0.1, 0.15) is 23.2 Å². The largest absolute Gasteiger partial charge is 0.373 e. The summed E-state index contributed by atoms with van der Waals surface area (Å²) in [5, 5.41) is 13.0. The Bertz CT molecular complexity index is 1380. The molecular formula is C22H21FN8O2. The number of fused-ring (bicyclic) bond motifs is 1. The van der Waals surface area contributed by atoms with Crippen molar-refractivity contribution in [2.45, 2.75) is 25.1 Å². The number of halogens is 1. The number of rotatable bonds is 6. The van der Waals surface area contributed by atoms with E-state index < -0.39 is 18.1 Å². The Balaban J connectivity index is 1.50. The fraction of sp³-hybridized carbons (Fsp3) is 0.227. The van der Waals surface area contributed by atoms with E-state index >= 15 is 0 Å². The first-order chi connectivity index (χ1) is 16.0. The van der Waals surface area contributed by atoms with Gasteiger partial charge in [0.1, 0.15) is 34.9 Å². The number of carbonyl (C=O) groups is 1. The molecule has 0 unspecified atom stereocenters. The van der Waals surface area contributed by atoms with Crippen LogP contribution < -0.4 is 21.5 Å². The third kappa shape index (κ3) is 3.77. The number of hydrogen-bond acceptors (Lipinski definition) is 7. The second-order valence-corrected chi connectivity index (χ2v) is 7.65. The first-order valence-electron chi connectivity index (χ1n) is 10.5. The highest BCUT2D eigenvalue weighted by Crippen LogP contribution is 2.25. The first kappa shape index (κ1) is 20.6. The van der Waals surface area contributed by atoms with Crippen molar-refractivity contribution in [2.75, 3.05) is 17.7 Å². The lowest BCUT2D eigenvalue weighted by atomic mass is 9.90. The number of alkyl halides is 1. The van der Waals surface area contributed by atoms with Gasteiger partial charge < -0.3 is 16.0 Å².